The van der Waals surface area contributed by atoms with E-state index in [0.29, 0.717) is 11.2 Å². The fraction of sp³-hybridized carbons (Fsp3) is 0.0588. The number of rotatable bonds is 4. The van der Waals surface area contributed by atoms with Crippen LogP contribution in [-0.4, -0.2) is 17.2 Å². The highest BCUT2D eigenvalue weighted by Gasteiger charge is 2.16. The van der Waals surface area contributed by atoms with Crippen LogP contribution >= 0.6 is 0 Å². The quantitative estimate of drug-likeness (QED) is 0.726. The number of hydrogen-bond donors (Lipinski definition) is 2. The van der Waals surface area contributed by atoms with Gasteiger partial charge in [0.2, 0.25) is 0 Å². The van der Waals surface area contributed by atoms with Gasteiger partial charge in [-0.15, -0.1) is 0 Å². The monoisotopic (exact) mass is 296 g/mol. The number of hydrogen-bond acceptors (Lipinski definition) is 3. The van der Waals surface area contributed by atoms with E-state index in [0.717, 1.165) is 16.3 Å². The Morgan fingerprint density at radius 3 is 2.41 bits per heavy atom. The van der Waals surface area contributed by atoms with Crippen molar-refractivity contribution in [2.75, 3.05) is 0 Å². The van der Waals surface area contributed by atoms with Crippen LogP contribution < -0.4 is 10.2 Å². The Labute approximate surface area is 127 Å². The lowest BCUT2D eigenvalue weighted by Crippen LogP contribution is -2.31. The highest BCUT2D eigenvalue weighted by atomic mass is 19.1. The third-order valence-electron chi connectivity index (χ3n) is 3.49. The molecule has 3 aromatic carbocycles. The summed E-state index contributed by atoms with van der Waals surface area (Å²) in [5, 5.41) is 20.7. The maximum absolute atomic E-state index is 13.2. The van der Waals surface area contributed by atoms with E-state index in [1.807, 2.05) is 24.3 Å². The van der Waals surface area contributed by atoms with Gasteiger partial charge in [-0.25, -0.2) is 4.39 Å². The Kier molecular flexibility index (Phi) is 4.09. The molecule has 0 aromatic heterocycles. The lowest BCUT2D eigenvalue weighted by Gasteiger charge is -2.12. The second kappa shape index (κ2) is 6.18. The van der Waals surface area contributed by atoms with E-state index in [4.69, 9.17) is 4.74 Å². The van der Waals surface area contributed by atoms with Crippen LogP contribution in [0.15, 0.2) is 60.7 Å². The first kappa shape index (κ1) is 14.6. The average Bonchev–Trinajstić information content (AvgIpc) is 2.52. The zero-order valence-electron chi connectivity index (χ0n) is 11.7. The molecule has 3 aromatic rings. The second-order valence-corrected chi connectivity index (χ2v) is 4.98. The van der Waals surface area contributed by atoms with E-state index in [1.54, 1.807) is 24.3 Å². The van der Waals surface area contributed by atoms with Gasteiger partial charge in [-0.1, -0.05) is 42.5 Å². The molecular formula is C17H14BFO3. The summed E-state index contributed by atoms with van der Waals surface area (Å²) in [7, 11) is -1.56. The van der Waals surface area contributed by atoms with Gasteiger partial charge in [0.1, 0.15) is 18.2 Å². The van der Waals surface area contributed by atoms with E-state index < -0.39 is 7.12 Å². The van der Waals surface area contributed by atoms with Crippen LogP contribution in [0.5, 0.6) is 5.75 Å². The molecule has 0 atom stereocenters. The third-order valence-corrected chi connectivity index (χ3v) is 3.49. The van der Waals surface area contributed by atoms with Gasteiger partial charge < -0.3 is 14.8 Å². The lowest BCUT2D eigenvalue weighted by molar-refractivity contribution is 0.306. The van der Waals surface area contributed by atoms with Crippen LogP contribution in [-0.2, 0) is 6.61 Å². The van der Waals surface area contributed by atoms with Crippen molar-refractivity contribution in [2.24, 2.45) is 0 Å². The molecule has 0 aliphatic carbocycles. The number of fused-ring (bicyclic) bond motifs is 1. The molecule has 0 saturated carbocycles. The first-order valence-corrected chi connectivity index (χ1v) is 6.90. The van der Waals surface area contributed by atoms with Crippen molar-refractivity contribution < 1.29 is 19.2 Å². The first-order valence-electron chi connectivity index (χ1n) is 6.90. The molecule has 110 valence electrons. The Morgan fingerprint density at radius 2 is 1.68 bits per heavy atom. The van der Waals surface area contributed by atoms with E-state index in [1.165, 1.54) is 12.1 Å². The fourth-order valence-corrected chi connectivity index (χ4v) is 2.50. The Hall–Kier alpha value is -2.37. The summed E-state index contributed by atoms with van der Waals surface area (Å²) >= 11 is 0. The standard InChI is InChI=1S/C17H14BFO3/c19-14-7-3-8-15(10-14)22-11-13-6-1-4-12-5-2-9-16(17(12)13)18(20)21/h1-10,20-21H,11H2. The maximum atomic E-state index is 13.2. The van der Waals surface area contributed by atoms with Crippen molar-refractivity contribution in [2.45, 2.75) is 6.61 Å². The number of halogens is 1. The van der Waals surface area contributed by atoms with Crippen molar-refractivity contribution in [3.8, 4) is 5.75 Å². The minimum atomic E-state index is -1.56. The minimum absolute atomic E-state index is 0.213. The van der Waals surface area contributed by atoms with Crippen LogP contribution in [0.25, 0.3) is 10.8 Å². The van der Waals surface area contributed by atoms with Crippen LogP contribution in [0.4, 0.5) is 4.39 Å². The Morgan fingerprint density at radius 1 is 0.955 bits per heavy atom. The van der Waals surface area contributed by atoms with Crippen molar-refractivity contribution in [3.05, 3.63) is 72.0 Å². The van der Waals surface area contributed by atoms with E-state index in [9.17, 15) is 14.4 Å². The molecule has 0 spiro atoms. The van der Waals surface area contributed by atoms with Gasteiger partial charge in [-0.05, 0) is 33.9 Å². The Balaban J connectivity index is 1.96. The summed E-state index contributed by atoms with van der Waals surface area (Å²) in [5.74, 6) is 0.0703. The summed E-state index contributed by atoms with van der Waals surface area (Å²) < 4.78 is 18.8. The molecule has 0 bridgehead atoms. The van der Waals surface area contributed by atoms with Crippen molar-refractivity contribution in [1.29, 1.82) is 0 Å². The van der Waals surface area contributed by atoms with Crippen LogP contribution in [0.3, 0.4) is 0 Å². The Bertz CT molecular complexity index is 800. The molecule has 0 aliphatic rings. The predicted octanol–water partition coefficient (Wildman–Crippen LogP) is 2.24. The van der Waals surface area contributed by atoms with Crippen LogP contribution in [0.2, 0.25) is 0 Å². The molecule has 0 radical (unpaired) electrons. The molecule has 0 unspecified atom stereocenters. The normalized spacial score (nSPS) is 10.7. The first-order chi connectivity index (χ1) is 10.6. The van der Waals surface area contributed by atoms with E-state index >= 15 is 0 Å². The van der Waals surface area contributed by atoms with Crippen LogP contribution in [0, 0.1) is 5.82 Å². The number of benzene rings is 3. The molecule has 3 nitrogen and oxygen atoms in total. The third kappa shape index (κ3) is 2.96. The van der Waals surface area contributed by atoms with Gasteiger partial charge in [0, 0.05) is 6.07 Å². The molecule has 0 heterocycles. The number of ether oxygens (including phenoxy) is 1. The van der Waals surface area contributed by atoms with Crippen molar-refractivity contribution in [1.82, 2.24) is 0 Å². The van der Waals surface area contributed by atoms with Gasteiger partial charge in [0.25, 0.3) is 0 Å². The summed E-state index contributed by atoms with van der Waals surface area (Å²) in [4.78, 5) is 0. The molecule has 5 heteroatoms. The van der Waals surface area contributed by atoms with Gasteiger partial charge >= 0.3 is 7.12 Å². The van der Waals surface area contributed by atoms with E-state index in [2.05, 4.69) is 0 Å². The highest BCUT2D eigenvalue weighted by Crippen LogP contribution is 2.20. The summed E-state index contributed by atoms with van der Waals surface area (Å²) in [6, 6.07) is 16.9. The molecule has 2 N–H and O–H groups in total. The average molecular weight is 296 g/mol. The molecule has 0 saturated heterocycles. The van der Waals surface area contributed by atoms with Gasteiger partial charge in [0.15, 0.2) is 0 Å². The van der Waals surface area contributed by atoms with Crippen LogP contribution in [0.1, 0.15) is 5.56 Å². The lowest BCUT2D eigenvalue weighted by atomic mass is 9.76. The topological polar surface area (TPSA) is 49.7 Å². The largest absolute Gasteiger partial charge is 0.489 e. The molecular weight excluding hydrogens is 282 g/mol. The van der Waals surface area contributed by atoms with Gasteiger partial charge in [-0.2, -0.15) is 0 Å². The highest BCUT2D eigenvalue weighted by molar-refractivity contribution is 6.62. The maximum Gasteiger partial charge on any atom is 0.489 e. The molecule has 0 fully saturated rings. The summed E-state index contributed by atoms with van der Waals surface area (Å²) in [6.45, 7) is 0.213. The molecule has 0 amide bonds. The van der Waals surface area contributed by atoms with Crippen molar-refractivity contribution >= 4 is 23.4 Å². The fourth-order valence-electron chi connectivity index (χ4n) is 2.50. The molecule has 22 heavy (non-hydrogen) atoms. The summed E-state index contributed by atoms with van der Waals surface area (Å²) in [6.07, 6.45) is 0. The van der Waals surface area contributed by atoms with Gasteiger partial charge in [-0.3, -0.25) is 0 Å². The van der Waals surface area contributed by atoms with Gasteiger partial charge in [0.05, 0.1) is 0 Å². The smallest absolute Gasteiger partial charge is 0.489 e. The predicted molar refractivity (Wildman–Crippen MR) is 84.5 cm³/mol. The minimum Gasteiger partial charge on any atom is -0.489 e. The molecule has 0 aliphatic heterocycles. The second-order valence-electron chi connectivity index (χ2n) is 4.98. The summed E-state index contributed by atoms with van der Waals surface area (Å²) in [5.41, 5.74) is 1.24. The SMILES string of the molecule is OB(O)c1cccc2cccc(COc3cccc(F)c3)c12. The zero-order chi connectivity index (χ0) is 15.5. The van der Waals surface area contributed by atoms with Crippen molar-refractivity contribution in [3.63, 3.8) is 0 Å². The van der Waals surface area contributed by atoms with E-state index in [-0.39, 0.29) is 12.4 Å². The zero-order valence-corrected chi connectivity index (χ0v) is 11.7. The molecule has 3 rings (SSSR count).